The van der Waals surface area contributed by atoms with E-state index < -0.39 is 21.4 Å². The van der Waals surface area contributed by atoms with Gasteiger partial charge in [-0.15, -0.1) is 0 Å². The molecule has 0 amide bonds. The van der Waals surface area contributed by atoms with E-state index in [1.54, 1.807) is 0 Å². The van der Waals surface area contributed by atoms with Gasteiger partial charge >= 0.3 is 0 Å². The number of nitrogens with one attached hydrogen (secondary N) is 1. The molecule has 1 aliphatic rings. The second-order valence-corrected chi connectivity index (χ2v) is 7.50. The molecule has 118 valence electrons. The van der Waals surface area contributed by atoms with Gasteiger partial charge in [0.25, 0.3) is 0 Å². The molecular formula is C15H23FN2O2S. The molecule has 0 atom stereocenters. The van der Waals surface area contributed by atoms with Crippen molar-refractivity contribution in [2.24, 2.45) is 5.73 Å². The number of benzene rings is 1. The van der Waals surface area contributed by atoms with Crippen LogP contribution in [0.25, 0.3) is 0 Å². The molecule has 0 radical (unpaired) electrons. The molecule has 21 heavy (non-hydrogen) atoms. The fourth-order valence-corrected chi connectivity index (χ4v) is 4.41. The molecule has 2 rings (SSSR count). The van der Waals surface area contributed by atoms with Gasteiger partial charge in [-0.05, 0) is 31.0 Å². The van der Waals surface area contributed by atoms with Crippen LogP contribution < -0.4 is 10.5 Å². The molecule has 1 saturated carbocycles. The lowest BCUT2D eigenvalue weighted by atomic mass is 9.85. The molecule has 0 aromatic heterocycles. The fraction of sp³-hybridized carbons (Fsp3) is 0.600. The van der Waals surface area contributed by atoms with Crippen LogP contribution in [0.2, 0.25) is 0 Å². The first-order valence-corrected chi connectivity index (χ1v) is 8.95. The Kier molecular flexibility index (Phi) is 5.35. The van der Waals surface area contributed by atoms with Gasteiger partial charge in [0, 0.05) is 12.1 Å². The summed E-state index contributed by atoms with van der Waals surface area (Å²) in [7, 11) is -3.75. The smallest absolute Gasteiger partial charge is 0.241 e. The van der Waals surface area contributed by atoms with Crippen molar-refractivity contribution in [2.45, 2.75) is 55.4 Å². The standard InChI is InChI=1S/C15H23FN2O2S/c16-13-7-6-8-14(11-13)21(19,20)18-15(12-17)9-4-2-1-3-5-10-15/h6-8,11,18H,1-5,9-10,12,17H2. The summed E-state index contributed by atoms with van der Waals surface area (Å²) in [4.78, 5) is -0.0441. The number of hydrogen-bond acceptors (Lipinski definition) is 3. The van der Waals surface area contributed by atoms with Crippen LogP contribution in [-0.2, 0) is 10.0 Å². The first kappa shape index (κ1) is 16.4. The highest BCUT2D eigenvalue weighted by Crippen LogP contribution is 2.27. The molecule has 4 nitrogen and oxygen atoms in total. The zero-order chi connectivity index (χ0) is 15.3. The maximum Gasteiger partial charge on any atom is 0.241 e. The van der Waals surface area contributed by atoms with E-state index in [1.165, 1.54) is 24.6 Å². The molecule has 3 N–H and O–H groups in total. The predicted molar refractivity (Wildman–Crippen MR) is 80.8 cm³/mol. The van der Waals surface area contributed by atoms with Crippen LogP contribution in [0.3, 0.4) is 0 Å². The Balaban J connectivity index is 2.23. The summed E-state index contributed by atoms with van der Waals surface area (Å²) < 4.78 is 41.0. The van der Waals surface area contributed by atoms with Gasteiger partial charge in [-0.2, -0.15) is 0 Å². The SMILES string of the molecule is NCC1(NS(=O)(=O)c2cccc(F)c2)CCCCCCC1. The van der Waals surface area contributed by atoms with Crippen molar-refractivity contribution >= 4 is 10.0 Å². The maximum absolute atomic E-state index is 13.3. The predicted octanol–water partition coefficient (Wildman–Crippen LogP) is 2.55. The van der Waals surface area contributed by atoms with E-state index in [2.05, 4.69) is 4.72 Å². The zero-order valence-corrected chi connectivity index (χ0v) is 13.0. The second-order valence-electron chi connectivity index (χ2n) is 5.82. The molecule has 0 heterocycles. The van der Waals surface area contributed by atoms with Gasteiger partial charge in [-0.25, -0.2) is 17.5 Å². The maximum atomic E-state index is 13.3. The van der Waals surface area contributed by atoms with E-state index in [1.807, 2.05) is 0 Å². The first-order valence-electron chi connectivity index (χ1n) is 7.47. The summed E-state index contributed by atoms with van der Waals surface area (Å²) in [6.07, 6.45) is 6.78. The number of hydrogen-bond donors (Lipinski definition) is 2. The molecule has 0 bridgehead atoms. The summed E-state index contributed by atoms with van der Waals surface area (Å²) >= 11 is 0. The largest absolute Gasteiger partial charge is 0.329 e. The highest BCUT2D eigenvalue weighted by atomic mass is 32.2. The van der Waals surface area contributed by atoms with Crippen LogP contribution in [-0.4, -0.2) is 20.5 Å². The summed E-state index contributed by atoms with van der Waals surface area (Å²) in [5, 5.41) is 0. The summed E-state index contributed by atoms with van der Waals surface area (Å²) in [5.41, 5.74) is 5.27. The molecule has 0 aliphatic heterocycles. The molecule has 1 aromatic carbocycles. The summed E-state index contributed by atoms with van der Waals surface area (Å²) in [6.45, 7) is 0.265. The molecule has 1 aromatic rings. The minimum Gasteiger partial charge on any atom is -0.329 e. The highest BCUT2D eigenvalue weighted by Gasteiger charge is 2.34. The van der Waals surface area contributed by atoms with Crippen LogP contribution in [0.15, 0.2) is 29.2 Å². The third-order valence-electron chi connectivity index (χ3n) is 4.16. The van der Waals surface area contributed by atoms with E-state index in [9.17, 15) is 12.8 Å². The van der Waals surface area contributed by atoms with E-state index in [0.29, 0.717) is 0 Å². The number of nitrogens with two attached hydrogens (primary N) is 1. The molecule has 0 unspecified atom stereocenters. The minimum atomic E-state index is -3.75. The lowest BCUT2D eigenvalue weighted by Crippen LogP contribution is -2.53. The van der Waals surface area contributed by atoms with Gasteiger partial charge in [0.1, 0.15) is 5.82 Å². The van der Waals surface area contributed by atoms with E-state index in [4.69, 9.17) is 5.73 Å². The average Bonchev–Trinajstić information content (AvgIpc) is 2.42. The topological polar surface area (TPSA) is 72.2 Å². The summed E-state index contributed by atoms with van der Waals surface area (Å²) in [6, 6.07) is 5.07. The van der Waals surface area contributed by atoms with Gasteiger partial charge in [0.05, 0.1) is 4.90 Å². The Morgan fingerprint density at radius 2 is 1.76 bits per heavy atom. The second kappa shape index (κ2) is 6.85. The van der Waals surface area contributed by atoms with Crippen LogP contribution >= 0.6 is 0 Å². The quantitative estimate of drug-likeness (QED) is 0.897. The normalized spacial score (nSPS) is 19.7. The fourth-order valence-electron chi connectivity index (χ4n) is 2.91. The molecule has 6 heteroatoms. The minimum absolute atomic E-state index is 0.0441. The number of rotatable bonds is 4. The van der Waals surface area contributed by atoms with E-state index in [0.717, 1.165) is 44.6 Å². The van der Waals surface area contributed by atoms with Crippen LogP contribution in [0.1, 0.15) is 44.9 Å². The zero-order valence-electron chi connectivity index (χ0n) is 12.1. The first-order chi connectivity index (χ1) is 9.97. The van der Waals surface area contributed by atoms with Gasteiger partial charge in [0.15, 0.2) is 0 Å². The molecule has 0 saturated heterocycles. The van der Waals surface area contributed by atoms with Crippen molar-refractivity contribution in [1.82, 2.24) is 4.72 Å². The Labute approximate surface area is 126 Å². The van der Waals surface area contributed by atoms with Crippen LogP contribution in [0.4, 0.5) is 4.39 Å². The molecule has 0 spiro atoms. The Bertz CT molecular complexity index is 567. The Hall–Kier alpha value is -0.980. The van der Waals surface area contributed by atoms with Crippen molar-refractivity contribution < 1.29 is 12.8 Å². The van der Waals surface area contributed by atoms with Crippen LogP contribution in [0.5, 0.6) is 0 Å². The van der Waals surface area contributed by atoms with Gasteiger partial charge in [-0.3, -0.25) is 0 Å². The van der Waals surface area contributed by atoms with Gasteiger partial charge in [0.2, 0.25) is 10.0 Å². The Morgan fingerprint density at radius 1 is 1.14 bits per heavy atom. The van der Waals surface area contributed by atoms with Gasteiger partial charge in [-0.1, -0.05) is 38.2 Å². The Morgan fingerprint density at radius 3 is 2.33 bits per heavy atom. The van der Waals surface area contributed by atoms with E-state index in [-0.39, 0.29) is 11.4 Å². The van der Waals surface area contributed by atoms with Crippen molar-refractivity contribution in [3.05, 3.63) is 30.1 Å². The molecule has 1 fully saturated rings. The van der Waals surface area contributed by atoms with Gasteiger partial charge < -0.3 is 5.73 Å². The van der Waals surface area contributed by atoms with E-state index >= 15 is 0 Å². The number of sulfonamides is 1. The lowest BCUT2D eigenvalue weighted by molar-refractivity contribution is 0.296. The molecular weight excluding hydrogens is 291 g/mol. The monoisotopic (exact) mass is 314 g/mol. The summed E-state index contributed by atoms with van der Waals surface area (Å²) in [5.74, 6) is -0.558. The number of halogens is 1. The third-order valence-corrected chi connectivity index (χ3v) is 5.73. The van der Waals surface area contributed by atoms with Crippen molar-refractivity contribution in [2.75, 3.05) is 6.54 Å². The highest BCUT2D eigenvalue weighted by molar-refractivity contribution is 7.89. The average molecular weight is 314 g/mol. The molecule has 1 aliphatic carbocycles. The third kappa shape index (κ3) is 4.25. The van der Waals surface area contributed by atoms with Crippen LogP contribution in [0, 0.1) is 5.82 Å². The van der Waals surface area contributed by atoms with Crippen molar-refractivity contribution in [1.29, 1.82) is 0 Å². The lowest BCUT2D eigenvalue weighted by Gasteiger charge is -2.35. The van der Waals surface area contributed by atoms with Crippen molar-refractivity contribution in [3.8, 4) is 0 Å². The van der Waals surface area contributed by atoms with Crippen molar-refractivity contribution in [3.63, 3.8) is 0 Å².